The average Bonchev–Trinajstić information content (AvgIpc) is 3.11. The van der Waals surface area contributed by atoms with Gasteiger partial charge in [0.05, 0.1) is 0 Å². The molecule has 0 radical (unpaired) electrons. The molecular weight excluding hydrogens is 301 g/mol. The van der Waals surface area contributed by atoms with Gasteiger partial charge in [0, 0.05) is 32.1 Å². The summed E-state index contributed by atoms with van der Waals surface area (Å²) in [5, 5.41) is 10.2. The number of nitrogens with zero attached hydrogens (tertiary/aromatic N) is 1. The van der Waals surface area contributed by atoms with Gasteiger partial charge in [0.25, 0.3) is 0 Å². The molecule has 0 aromatic carbocycles. The largest absolute Gasteiger partial charge is 0.490 e. The average molecular weight is 322 g/mol. The van der Waals surface area contributed by atoms with Crippen molar-refractivity contribution in [3.63, 3.8) is 0 Å². The first-order chi connectivity index (χ1) is 10.2. The Balaban J connectivity index is 0.000000217. The van der Waals surface area contributed by atoms with E-state index in [0.717, 1.165) is 24.9 Å². The highest BCUT2D eigenvalue weighted by Gasteiger charge is 2.42. The Morgan fingerprint density at radius 1 is 1.36 bits per heavy atom. The SMILES string of the molecule is C[C@@H]1C(=O)NC[C@H]2CN(CC3CC3)C[C@H]21.O=C(O)C(F)(F)F. The third-order valence-corrected chi connectivity index (χ3v) is 4.62. The molecule has 1 amide bonds. The van der Waals surface area contributed by atoms with Crippen LogP contribution in [0.25, 0.3) is 0 Å². The molecule has 0 aromatic heterocycles. The van der Waals surface area contributed by atoms with Crippen molar-refractivity contribution in [1.82, 2.24) is 10.2 Å². The quantitative estimate of drug-likeness (QED) is 0.805. The summed E-state index contributed by atoms with van der Waals surface area (Å²) >= 11 is 0. The van der Waals surface area contributed by atoms with Crippen LogP contribution in [0.2, 0.25) is 0 Å². The first-order valence-corrected chi connectivity index (χ1v) is 7.48. The number of carbonyl (C=O) groups excluding carboxylic acids is 1. The predicted octanol–water partition coefficient (Wildman–Crippen LogP) is 1.34. The van der Waals surface area contributed by atoms with Gasteiger partial charge in [-0.25, -0.2) is 4.79 Å². The van der Waals surface area contributed by atoms with E-state index in [0.29, 0.717) is 5.92 Å². The molecule has 3 aliphatic rings. The lowest BCUT2D eigenvalue weighted by molar-refractivity contribution is -0.192. The van der Waals surface area contributed by atoms with Crippen molar-refractivity contribution < 1.29 is 27.9 Å². The van der Waals surface area contributed by atoms with Gasteiger partial charge in [-0.15, -0.1) is 0 Å². The monoisotopic (exact) mass is 322 g/mol. The van der Waals surface area contributed by atoms with E-state index in [1.54, 1.807) is 0 Å². The third-order valence-electron chi connectivity index (χ3n) is 4.62. The van der Waals surface area contributed by atoms with Crippen molar-refractivity contribution in [2.45, 2.75) is 25.9 Å². The molecule has 1 aliphatic carbocycles. The number of hydrogen-bond acceptors (Lipinski definition) is 3. The molecule has 22 heavy (non-hydrogen) atoms. The number of carbonyl (C=O) groups is 2. The standard InChI is InChI=1S/C12H20N2O.C2HF3O2/c1-8-11-7-14(5-9-2-3-9)6-10(11)4-13-12(8)15;3-2(4,5)1(6)7/h8-11H,2-7H2,1H3,(H,13,15);(H,6,7)/t8-,10-,11-;/m0./s1. The summed E-state index contributed by atoms with van der Waals surface area (Å²) in [6.45, 7) is 6.66. The van der Waals surface area contributed by atoms with Crippen LogP contribution in [-0.2, 0) is 9.59 Å². The molecule has 3 rings (SSSR count). The summed E-state index contributed by atoms with van der Waals surface area (Å²) in [5.74, 6) is 0.0584. The number of halogens is 3. The van der Waals surface area contributed by atoms with Gasteiger partial charge in [-0.3, -0.25) is 4.79 Å². The fraction of sp³-hybridized carbons (Fsp3) is 0.857. The van der Waals surface area contributed by atoms with Crippen LogP contribution in [0.1, 0.15) is 19.8 Å². The van der Waals surface area contributed by atoms with E-state index in [9.17, 15) is 18.0 Å². The lowest BCUT2D eigenvalue weighted by Crippen LogP contribution is -2.46. The maximum atomic E-state index is 11.5. The normalized spacial score (nSPS) is 31.8. The first-order valence-electron chi connectivity index (χ1n) is 7.48. The molecule has 0 unspecified atom stereocenters. The van der Waals surface area contributed by atoms with Gasteiger partial charge < -0.3 is 15.3 Å². The molecule has 0 aromatic rings. The number of hydrogen-bond donors (Lipinski definition) is 2. The predicted molar refractivity (Wildman–Crippen MR) is 72.0 cm³/mol. The second-order valence-corrected chi connectivity index (χ2v) is 6.42. The molecule has 0 bridgehead atoms. The third kappa shape index (κ3) is 4.34. The molecule has 1 saturated carbocycles. The Morgan fingerprint density at radius 3 is 2.45 bits per heavy atom. The molecule has 126 valence electrons. The van der Waals surface area contributed by atoms with Crippen molar-refractivity contribution >= 4 is 11.9 Å². The van der Waals surface area contributed by atoms with Gasteiger partial charge in [0.2, 0.25) is 5.91 Å². The molecule has 2 saturated heterocycles. The van der Waals surface area contributed by atoms with E-state index in [1.165, 1.54) is 25.9 Å². The van der Waals surface area contributed by atoms with Crippen LogP contribution in [0.5, 0.6) is 0 Å². The number of carboxylic acids is 1. The topological polar surface area (TPSA) is 69.6 Å². The van der Waals surface area contributed by atoms with Gasteiger partial charge in [-0.1, -0.05) is 6.92 Å². The van der Waals surface area contributed by atoms with Crippen molar-refractivity contribution in [2.75, 3.05) is 26.2 Å². The fourth-order valence-corrected chi connectivity index (χ4v) is 3.17. The zero-order chi connectivity index (χ0) is 16.5. The van der Waals surface area contributed by atoms with E-state index in [4.69, 9.17) is 9.90 Å². The number of amides is 1. The van der Waals surface area contributed by atoms with Crippen LogP contribution in [0.3, 0.4) is 0 Å². The van der Waals surface area contributed by atoms with E-state index in [1.807, 2.05) is 0 Å². The van der Waals surface area contributed by atoms with Gasteiger partial charge in [-0.2, -0.15) is 13.2 Å². The van der Waals surface area contributed by atoms with Crippen LogP contribution >= 0.6 is 0 Å². The Kier molecular flexibility index (Phi) is 4.99. The number of likely N-dealkylation sites (tertiary alicyclic amines) is 1. The number of nitrogens with one attached hydrogen (secondary N) is 1. The van der Waals surface area contributed by atoms with Gasteiger partial charge in [0.15, 0.2) is 0 Å². The highest BCUT2D eigenvalue weighted by Crippen LogP contribution is 2.36. The van der Waals surface area contributed by atoms with Crippen LogP contribution in [0.4, 0.5) is 13.2 Å². The maximum absolute atomic E-state index is 11.5. The fourth-order valence-electron chi connectivity index (χ4n) is 3.17. The van der Waals surface area contributed by atoms with Gasteiger partial charge in [-0.05, 0) is 30.6 Å². The van der Waals surface area contributed by atoms with E-state index in [2.05, 4.69) is 17.1 Å². The molecule has 8 heteroatoms. The minimum Gasteiger partial charge on any atom is -0.475 e. The highest BCUT2D eigenvalue weighted by atomic mass is 19.4. The van der Waals surface area contributed by atoms with Gasteiger partial charge in [0.1, 0.15) is 0 Å². The molecule has 2 heterocycles. The first kappa shape index (κ1) is 17.1. The zero-order valence-corrected chi connectivity index (χ0v) is 12.4. The smallest absolute Gasteiger partial charge is 0.475 e. The van der Waals surface area contributed by atoms with Crippen LogP contribution in [0, 0.1) is 23.7 Å². The number of piperidine rings is 1. The van der Waals surface area contributed by atoms with Gasteiger partial charge >= 0.3 is 12.1 Å². The summed E-state index contributed by atoms with van der Waals surface area (Å²) < 4.78 is 31.7. The van der Waals surface area contributed by atoms with Crippen molar-refractivity contribution in [2.24, 2.45) is 23.7 Å². The Bertz CT molecular complexity index is 438. The van der Waals surface area contributed by atoms with Crippen molar-refractivity contribution in [3.8, 4) is 0 Å². The zero-order valence-electron chi connectivity index (χ0n) is 12.4. The minimum absolute atomic E-state index is 0.230. The van der Waals surface area contributed by atoms with Crippen molar-refractivity contribution in [3.05, 3.63) is 0 Å². The maximum Gasteiger partial charge on any atom is 0.490 e. The lowest BCUT2D eigenvalue weighted by atomic mass is 9.81. The van der Waals surface area contributed by atoms with E-state index >= 15 is 0 Å². The Labute approximate surface area is 126 Å². The van der Waals surface area contributed by atoms with Crippen molar-refractivity contribution in [1.29, 1.82) is 0 Å². The molecule has 3 atom stereocenters. The second kappa shape index (κ2) is 6.44. The second-order valence-electron chi connectivity index (χ2n) is 6.42. The highest BCUT2D eigenvalue weighted by molar-refractivity contribution is 5.79. The summed E-state index contributed by atoms with van der Waals surface area (Å²) in [7, 11) is 0. The summed E-state index contributed by atoms with van der Waals surface area (Å²) in [4.78, 5) is 23.0. The molecular formula is C14H21F3N2O3. The van der Waals surface area contributed by atoms with Crippen LogP contribution < -0.4 is 5.32 Å². The number of fused-ring (bicyclic) bond motifs is 1. The Hall–Kier alpha value is -1.31. The lowest BCUT2D eigenvalue weighted by Gasteiger charge is -2.30. The molecule has 5 nitrogen and oxygen atoms in total. The van der Waals surface area contributed by atoms with Crippen LogP contribution in [0.15, 0.2) is 0 Å². The molecule has 2 aliphatic heterocycles. The number of carboxylic acid groups (broad SMARTS) is 1. The molecule has 2 N–H and O–H groups in total. The number of aliphatic carboxylic acids is 1. The van der Waals surface area contributed by atoms with E-state index < -0.39 is 12.1 Å². The summed E-state index contributed by atoms with van der Waals surface area (Å²) in [5.41, 5.74) is 0. The number of alkyl halides is 3. The minimum atomic E-state index is -5.08. The van der Waals surface area contributed by atoms with E-state index in [-0.39, 0.29) is 11.8 Å². The summed E-state index contributed by atoms with van der Waals surface area (Å²) in [6, 6.07) is 0. The van der Waals surface area contributed by atoms with Crippen LogP contribution in [-0.4, -0.2) is 54.2 Å². The number of rotatable bonds is 2. The molecule has 3 fully saturated rings. The molecule has 0 spiro atoms. The summed E-state index contributed by atoms with van der Waals surface area (Å²) in [6.07, 6.45) is -2.23. The Morgan fingerprint density at radius 2 is 1.95 bits per heavy atom.